The van der Waals surface area contributed by atoms with Gasteiger partial charge in [-0.1, -0.05) is 13.3 Å². The lowest BCUT2D eigenvalue weighted by Crippen LogP contribution is -2.44. The van der Waals surface area contributed by atoms with Gasteiger partial charge in [-0.2, -0.15) is 0 Å². The molecule has 2 heterocycles. The Morgan fingerprint density at radius 2 is 2.26 bits per heavy atom. The number of anilines is 1. The molecule has 1 saturated heterocycles. The predicted molar refractivity (Wildman–Crippen MR) is 74.5 cm³/mol. The SMILES string of the molecule is CCCCOC(=O)c1cccnc1N1CCNCC1. The summed E-state index contributed by atoms with van der Waals surface area (Å²) in [4.78, 5) is 18.6. The Balaban J connectivity index is 2.08. The molecule has 5 heteroatoms. The molecule has 2 rings (SSSR count). The Kier molecular flexibility index (Phi) is 5.15. The third-order valence-corrected chi connectivity index (χ3v) is 3.15. The molecule has 0 atom stereocenters. The van der Waals surface area contributed by atoms with Crippen LogP contribution in [0.5, 0.6) is 0 Å². The number of nitrogens with one attached hydrogen (secondary N) is 1. The van der Waals surface area contributed by atoms with Crippen molar-refractivity contribution < 1.29 is 9.53 Å². The van der Waals surface area contributed by atoms with Crippen LogP contribution in [0.25, 0.3) is 0 Å². The molecular weight excluding hydrogens is 242 g/mol. The normalized spacial score (nSPS) is 15.3. The zero-order valence-corrected chi connectivity index (χ0v) is 11.4. The van der Waals surface area contributed by atoms with Crippen molar-refractivity contribution in [3.05, 3.63) is 23.9 Å². The molecule has 0 radical (unpaired) electrons. The van der Waals surface area contributed by atoms with E-state index in [1.54, 1.807) is 18.3 Å². The smallest absolute Gasteiger partial charge is 0.341 e. The highest BCUT2D eigenvalue weighted by atomic mass is 16.5. The minimum absolute atomic E-state index is 0.268. The number of esters is 1. The molecule has 1 fully saturated rings. The van der Waals surface area contributed by atoms with Gasteiger partial charge in [-0.05, 0) is 18.6 Å². The molecule has 104 valence electrons. The van der Waals surface area contributed by atoms with E-state index in [0.29, 0.717) is 12.2 Å². The van der Waals surface area contributed by atoms with Crippen molar-refractivity contribution in [2.45, 2.75) is 19.8 Å². The summed E-state index contributed by atoms with van der Waals surface area (Å²) in [5, 5.41) is 3.29. The molecule has 0 bridgehead atoms. The average Bonchev–Trinajstić information content (AvgIpc) is 2.48. The summed E-state index contributed by atoms with van der Waals surface area (Å²) in [5.74, 6) is 0.473. The number of piperazine rings is 1. The zero-order valence-electron chi connectivity index (χ0n) is 11.4. The molecule has 1 N–H and O–H groups in total. The zero-order chi connectivity index (χ0) is 13.5. The molecule has 0 spiro atoms. The van der Waals surface area contributed by atoms with E-state index in [4.69, 9.17) is 4.74 Å². The van der Waals surface area contributed by atoms with E-state index in [1.165, 1.54) is 0 Å². The first-order valence-corrected chi connectivity index (χ1v) is 6.90. The summed E-state index contributed by atoms with van der Waals surface area (Å²) >= 11 is 0. The fourth-order valence-electron chi connectivity index (χ4n) is 2.07. The molecule has 1 aliphatic heterocycles. The number of carbonyl (C=O) groups is 1. The van der Waals surface area contributed by atoms with Crippen LogP contribution >= 0.6 is 0 Å². The Labute approximate surface area is 114 Å². The lowest BCUT2D eigenvalue weighted by Gasteiger charge is -2.29. The Morgan fingerprint density at radius 1 is 1.47 bits per heavy atom. The topological polar surface area (TPSA) is 54.5 Å². The van der Waals surface area contributed by atoms with E-state index >= 15 is 0 Å². The highest BCUT2D eigenvalue weighted by molar-refractivity contribution is 5.94. The molecule has 1 aromatic rings. The van der Waals surface area contributed by atoms with E-state index in [0.717, 1.165) is 44.8 Å². The van der Waals surface area contributed by atoms with Gasteiger partial charge in [-0.25, -0.2) is 9.78 Å². The summed E-state index contributed by atoms with van der Waals surface area (Å²) in [6.07, 6.45) is 3.64. The summed E-state index contributed by atoms with van der Waals surface area (Å²) in [6.45, 7) is 6.12. The van der Waals surface area contributed by atoms with Crippen molar-refractivity contribution in [3.63, 3.8) is 0 Å². The van der Waals surface area contributed by atoms with Crippen LogP contribution < -0.4 is 10.2 Å². The van der Waals surface area contributed by atoms with E-state index in [9.17, 15) is 4.79 Å². The standard InChI is InChI=1S/C14H21N3O2/c1-2-3-11-19-14(18)12-5-4-6-16-13(12)17-9-7-15-8-10-17/h4-6,15H,2-3,7-11H2,1H3. The quantitative estimate of drug-likeness (QED) is 0.643. The minimum atomic E-state index is -0.268. The first-order chi connectivity index (χ1) is 9.33. The first kappa shape index (κ1) is 13.8. The molecule has 0 saturated carbocycles. The lowest BCUT2D eigenvalue weighted by atomic mass is 10.2. The first-order valence-electron chi connectivity index (χ1n) is 6.90. The van der Waals surface area contributed by atoms with Crippen LogP contribution in [0, 0.1) is 0 Å². The number of aromatic nitrogens is 1. The van der Waals surface area contributed by atoms with Crippen molar-refractivity contribution in [3.8, 4) is 0 Å². The fourth-order valence-corrected chi connectivity index (χ4v) is 2.07. The van der Waals surface area contributed by atoms with Crippen LogP contribution in [0.2, 0.25) is 0 Å². The fraction of sp³-hybridized carbons (Fsp3) is 0.571. The van der Waals surface area contributed by atoms with Crippen LogP contribution in [-0.2, 0) is 4.74 Å². The van der Waals surface area contributed by atoms with Gasteiger partial charge in [-0.3, -0.25) is 0 Å². The number of pyridine rings is 1. The van der Waals surface area contributed by atoms with Crippen LogP contribution in [-0.4, -0.2) is 43.7 Å². The van der Waals surface area contributed by atoms with Gasteiger partial charge < -0.3 is 15.0 Å². The highest BCUT2D eigenvalue weighted by Gasteiger charge is 2.20. The van der Waals surface area contributed by atoms with Crippen molar-refractivity contribution in [1.82, 2.24) is 10.3 Å². The van der Waals surface area contributed by atoms with Crippen LogP contribution in [0.15, 0.2) is 18.3 Å². The van der Waals surface area contributed by atoms with Gasteiger partial charge in [0.2, 0.25) is 0 Å². The second-order valence-corrected chi connectivity index (χ2v) is 4.60. The molecule has 5 nitrogen and oxygen atoms in total. The predicted octanol–water partition coefficient (Wildman–Crippen LogP) is 1.45. The number of hydrogen-bond donors (Lipinski definition) is 1. The average molecular weight is 263 g/mol. The maximum atomic E-state index is 12.1. The van der Waals surface area contributed by atoms with E-state index in [2.05, 4.69) is 22.1 Å². The summed E-state index contributed by atoms with van der Waals surface area (Å²) < 4.78 is 5.28. The van der Waals surface area contributed by atoms with Crippen LogP contribution in [0.4, 0.5) is 5.82 Å². The molecule has 0 aromatic carbocycles. The van der Waals surface area contributed by atoms with Gasteiger partial charge >= 0.3 is 5.97 Å². The maximum absolute atomic E-state index is 12.1. The van der Waals surface area contributed by atoms with Gasteiger partial charge in [0.15, 0.2) is 0 Å². The van der Waals surface area contributed by atoms with Gasteiger partial charge in [0.1, 0.15) is 11.4 Å². The number of rotatable bonds is 5. The third-order valence-electron chi connectivity index (χ3n) is 3.15. The minimum Gasteiger partial charge on any atom is -0.462 e. The molecule has 0 unspecified atom stereocenters. The monoisotopic (exact) mass is 263 g/mol. The highest BCUT2D eigenvalue weighted by Crippen LogP contribution is 2.18. The van der Waals surface area contributed by atoms with Gasteiger partial charge in [-0.15, -0.1) is 0 Å². The number of unbranched alkanes of at least 4 members (excludes halogenated alkanes) is 1. The molecule has 1 aromatic heterocycles. The second-order valence-electron chi connectivity index (χ2n) is 4.60. The molecule has 0 aliphatic carbocycles. The maximum Gasteiger partial charge on any atom is 0.341 e. The Morgan fingerprint density at radius 3 is 3.00 bits per heavy atom. The lowest BCUT2D eigenvalue weighted by molar-refractivity contribution is 0.0500. The van der Waals surface area contributed by atoms with Crippen LogP contribution in [0.3, 0.4) is 0 Å². The van der Waals surface area contributed by atoms with Crippen molar-refractivity contribution in [2.75, 3.05) is 37.7 Å². The summed E-state index contributed by atoms with van der Waals surface area (Å²) in [5.41, 5.74) is 0.570. The second kappa shape index (κ2) is 7.09. The number of carbonyl (C=O) groups excluding carboxylic acids is 1. The van der Waals surface area contributed by atoms with Crippen LogP contribution in [0.1, 0.15) is 30.1 Å². The molecule has 1 aliphatic rings. The molecule has 0 amide bonds. The van der Waals surface area contributed by atoms with E-state index in [-0.39, 0.29) is 5.97 Å². The number of nitrogens with zero attached hydrogens (tertiary/aromatic N) is 2. The third kappa shape index (κ3) is 3.67. The van der Waals surface area contributed by atoms with Crippen molar-refractivity contribution >= 4 is 11.8 Å². The summed E-state index contributed by atoms with van der Waals surface area (Å²) in [7, 11) is 0. The summed E-state index contributed by atoms with van der Waals surface area (Å²) in [6, 6.07) is 3.57. The Bertz CT molecular complexity index is 417. The van der Waals surface area contributed by atoms with Crippen molar-refractivity contribution in [2.24, 2.45) is 0 Å². The number of hydrogen-bond acceptors (Lipinski definition) is 5. The van der Waals surface area contributed by atoms with E-state index < -0.39 is 0 Å². The van der Waals surface area contributed by atoms with Gasteiger partial charge in [0.05, 0.1) is 6.61 Å². The molecule has 19 heavy (non-hydrogen) atoms. The largest absolute Gasteiger partial charge is 0.462 e. The van der Waals surface area contributed by atoms with Crippen molar-refractivity contribution in [1.29, 1.82) is 0 Å². The van der Waals surface area contributed by atoms with E-state index in [1.807, 2.05) is 0 Å². The van der Waals surface area contributed by atoms with Gasteiger partial charge in [0.25, 0.3) is 0 Å². The Hall–Kier alpha value is -1.62. The van der Waals surface area contributed by atoms with Gasteiger partial charge in [0, 0.05) is 32.4 Å². The molecular formula is C14H21N3O2. The number of ether oxygens (including phenoxy) is 1.